The molecule has 2 heterocycles. The maximum absolute atomic E-state index is 12.8. The van der Waals surface area contributed by atoms with Crippen LogP contribution >= 0.6 is 0 Å². The molecule has 0 radical (unpaired) electrons. The number of aromatic nitrogens is 2. The number of nitrogens with one attached hydrogen (secondary N) is 1. The van der Waals surface area contributed by atoms with Gasteiger partial charge in [0.25, 0.3) is 5.91 Å². The van der Waals surface area contributed by atoms with Gasteiger partial charge >= 0.3 is 0 Å². The van der Waals surface area contributed by atoms with Crippen LogP contribution in [0.1, 0.15) is 28.7 Å². The molecule has 0 aliphatic carbocycles. The largest absolute Gasteiger partial charge is 0.339 e. The van der Waals surface area contributed by atoms with Crippen molar-refractivity contribution in [3.05, 3.63) is 47.3 Å². The van der Waals surface area contributed by atoms with E-state index >= 15 is 0 Å². The Kier molecular flexibility index (Phi) is 5.31. The zero-order chi connectivity index (χ0) is 19.4. The molecule has 27 heavy (non-hydrogen) atoms. The minimum absolute atomic E-state index is 0.0195. The number of carbonyl (C=O) groups excluding carboxylic acids is 2. The first-order chi connectivity index (χ1) is 13.0. The molecule has 0 saturated carbocycles. The van der Waals surface area contributed by atoms with Gasteiger partial charge < -0.3 is 15.1 Å². The molecule has 1 saturated heterocycles. The highest BCUT2D eigenvalue weighted by Crippen LogP contribution is 2.16. The number of nitriles is 1. The number of aryl methyl sites for hydroxylation is 1. The molecule has 2 aromatic rings. The summed E-state index contributed by atoms with van der Waals surface area (Å²) in [4.78, 5) is 36.3. The Hall–Kier alpha value is -3.47. The normalized spacial score (nSPS) is 13.8. The molecule has 0 atom stereocenters. The van der Waals surface area contributed by atoms with E-state index in [1.165, 1.54) is 6.92 Å². The highest BCUT2D eigenvalue weighted by Gasteiger charge is 2.24. The number of anilines is 2. The highest BCUT2D eigenvalue weighted by atomic mass is 16.2. The molecule has 1 fully saturated rings. The van der Waals surface area contributed by atoms with Crippen LogP contribution < -0.4 is 5.32 Å². The van der Waals surface area contributed by atoms with E-state index in [9.17, 15) is 9.59 Å². The van der Waals surface area contributed by atoms with Crippen molar-refractivity contribution in [1.82, 2.24) is 19.8 Å². The summed E-state index contributed by atoms with van der Waals surface area (Å²) in [5, 5.41) is 12.0. The average molecular weight is 364 g/mol. The lowest BCUT2D eigenvalue weighted by molar-refractivity contribution is -0.130. The van der Waals surface area contributed by atoms with Gasteiger partial charge in [-0.25, -0.2) is 9.97 Å². The van der Waals surface area contributed by atoms with Crippen LogP contribution in [0, 0.1) is 18.3 Å². The van der Waals surface area contributed by atoms with E-state index in [1.807, 2.05) is 0 Å². The molecule has 0 bridgehead atoms. The van der Waals surface area contributed by atoms with Gasteiger partial charge in [0.2, 0.25) is 11.9 Å². The number of nitrogens with zero attached hydrogens (tertiary/aromatic N) is 5. The molecule has 8 nitrogen and oxygen atoms in total. The Morgan fingerprint density at radius 3 is 2.48 bits per heavy atom. The minimum atomic E-state index is -0.183. The molecule has 0 spiro atoms. The standard InChI is InChI=1S/C19H20N6O2/c1-13-10-17(18(27)25-8-6-24(7-9-25)14(2)26)23-19(21-13)22-16-5-3-4-15(11-16)12-20/h3-5,10-11H,6-9H2,1-2H3,(H,21,22,23). The van der Waals surface area contributed by atoms with Crippen LogP contribution in [0.5, 0.6) is 0 Å². The zero-order valence-electron chi connectivity index (χ0n) is 15.3. The van der Waals surface area contributed by atoms with Gasteiger partial charge in [-0.2, -0.15) is 5.26 Å². The van der Waals surface area contributed by atoms with E-state index < -0.39 is 0 Å². The number of benzene rings is 1. The molecule has 1 aromatic carbocycles. The topological polar surface area (TPSA) is 102 Å². The van der Waals surface area contributed by atoms with Crippen molar-refractivity contribution in [2.75, 3.05) is 31.5 Å². The predicted molar refractivity (Wildman–Crippen MR) is 99.4 cm³/mol. The van der Waals surface area contributed by atoms with E-state index in [-0.39, 0.29) is 11.8 Å². The van der Waals surface area contributed by atoms with E-state index in [2.05, 4.69) is 21.4 Å². The molecule has 1 aromatic heterocycles. The van der Waals surface area contributed by atoms with Crippen molar-refractivity contribution < 1.29 is 9.59 Å². The monoisotopic (exact) mass is 364 g/mol. The quantitative estimate of drug-likeness (QED) is 0.889. The molecule has 2 amide bonds. The van der Waals surface area contributed by atoms with Gasteiger partial charge in [0, 0.05) is 44.5 Å². The molecule has 1 aliphatic rings. The maximum Gasteiger partial charge on any atom is 0.272 e. The first-order valence-corrected chi connectivity index (χ1v) is 8.64. The van der Waals surface area contributed by atoms with Crippen LogP contribution in [-0.2, 0) is 4.79 Å². The van der Waals surface area contributed by atoms with Crippen LogP contribution in [0.3, 0.4) is 0 Å². The molecule has 0 unspecified atom stereocenters. The number of piperazine rings is 1. The van der Waals surface area contributed by atoms with Crippen LogP contribution in [-0.4, -0.2) is 57.8 Å². The van der Waals surface area contributed by atoms with E-state index in [4.69, 9.17) is 5.26 Å². The van der Waals surface area contributed by atoms with Gasteiger partial charge in [0.15, 0.2) is 0 Å². The van der Waals surface area contributed by atoms with Gasteiger partial charge in [-0.1, -0.05) is 6.07 Å². The minimum Gasteiger partial charge on any atom is -0.339 e. The van der Waals surface area contributed by atoms with Crippen molar-refractivity contribution in [1.29, 1.82) is 5.26 Å². The molecule has 1 N–H and O–H groups in total. The van der Waals surface area contributed by atoms with Gasteiger partial charge in [-0.3, -0.25) is 9.59 Å². The summed E-state index contributed by atoms with van der Waals surface area (Å²) in [5.74, 6) is 0.138. The fourth-order valence-corrected chi connectivity index (χ4v) is 2.92. The summed E-state index contributed by atoms with van der Waals surface area (Å²) >= 11 is 0. The Labute approximate surface area is 157 Å². The molecule has 138 valence electrons. The number of hydrogen-bond acceptors (Lipinski definition) is 6. The van der Waals surface area contributed by atoms with Crippen molar-refractivity contribution in [3.63, 3.8) is 0 Å². The molecular weight excluding hydrogens is 344 g/mol. The number of amides is 2. The SMILES string of the molecule is CC(=O)N1CCN(C(=O)c2cc(C)nc(Nc3cccc(C#N)c3)n2)CC1. The lowest BCUT2D eigenvalue weighted by atomic mass is 10.2. The summed E-state index contributed by atoms with van der Waals surface area (Å²) < 4.78 is 0. The predicted octanol–water partition coefficient (Wildman–Crippen LogP) is 1.70. The number of hydrogen-bond donors (Lipinski definition) is 1. The van der Waals surface area contributed by atoms with E-state index in [0.29, 0.717) is 54.8 Å². The van der Waals surface area contributed by atoms with Crippen LogP contribution in [0.25, 0.3) is 0 Å². The zero-order valence-corrected chi connectivity index (χ0v) is 15.3. The third-order valence-electron chi connectivity index (χ3n) is 4.33. The van der Waals surface area contributed by atoms with Crippen LogP contribution in [0.2, 0.25) is 0 Å². The summed E-state index contributed by atoms with van der Waals surface area (Å²) in [6, 6.07) is 10.7. The molecular formula is C19H20N6O2. The fourth-order valence-electron chi connectivity index (χ4n) is 2.92. The van der Waals surface area contributed by atoms with E-state index in [0.717, 1.165) is 0 Å². The average Bonchev–Trinajstić information content (AvgIpc) is 2.67. The second-order valence-electron chi connectivity index (χ2n) is 6.33. The van der Waals surface area contributed by atoms with Gasteiger partial charge in [-0.15, -0.1) is 0 Å². The molecule has 3 rings (SSSR count). The highest BCUT2D eigenvalue weighted by molar-refractivity contribution is 5.93. The van der Waals surface area contributed by atoms with Gasteiger partial charge in [0.1, 0.15) is 5.69 Å². The van der Waals surface area contributed by atoms with Crippen molar-refractivity contribution in [2.45, 2.75) is 13.8 Å². The second-order valence-corrected chi connectivity index (χ2v) is 6.33. The first kappa shape index (κ1) is 18.3. The summed E-state index contributed by atoms with van der Waals surface area (Å²) in [6.07, 6.45) is 0. The maximum atomic E-state index is 12.8. The van der Waals surface area contributed by atoms with Gasteiger partial charge in [0.05, 0.1) is 11.6 Å². The third kappa shape index (κ3) is 4.39. The Morgan fingerprint density at radius 1 is 1.11 bits per heavy atom. The Balaban J connectivity index is 1.76. The van der Waals surface area contributed by atoms with Crippen LogP contribution in [0.15, 0.2) is 30.3 Å². The van der Waals surface area contributed by atoms with Crippen molar-refractivity contribution in [3.8, 4) is 6.07 Å². The first-order valence-electron chi connectivity index (χ1n) is 8.64. The summed E-state index contributed by atoms with van der Waals surface area (Å²) in [5.41, 5.74) is 2.16. The Morgan fingerprint density at radius 2 is 1.81 bits per heavy atom. The van der Waals surface area contributed by atoms with Crippen molar-refractivity contribution >= 4 is 23.5 Å². The number of rotatable bonds is 3. The summed E-state index contributed by atoms with van der Waals surface area (Å²) in [7, 11) is 0. The van der Waals surface area contributed by atoms with Gasteiger partial charge in [-0.05, 0) is 31.2 Å². The second kappa shape index (κ2) is 7.83. The van der Waals surface area contributed by atoms with Crippen molar-refractivity contribution in [2.24, 2.45) is 0 Å². The fraction of sp³-hybridized carbons (Fsp3) is 0.316. The lowest BCUT2D eigenvalue weighted by Gasteiger charge is -2.34. The smallest absolute Gasteiger partial charge is 0.272 e. The lowest BCUT2D eigenvalue weighted by Crippen LogP contribution is -2.50. The third-order valence-corrected chi connectivity index (χ3v) is 4.33. The number of carbonyl (C=O) groups is 2. The van der Waals surface area contributed by atoms with Crippen LogP contribution in [0.4, 0.5) is 11.6 Å². The molecule has 1 aliphatic heterocycles. The Bertz CT molecular complexity index is 913. The summed E-state index contributed by atoms with van der Waals surface area (Å²) in [6.45, 7) is 5.34. The van der Waals surface area contributed by atoms with E-state index in [1.54, 1.807) is 47.1 Å². The molecule has 8 heteroatoms.